The topological polar surface area (TPSA) is 21.3 Å². The van der Waals surface area contributed by atoms with Crippen LogP contribution in [0.2, 0.25) is 0 Å². The molecule has 1 fully saturated rings. The van der Waals surface area contributed by atoms with Gasteiger partial charge in [-0.25, -0.2) is 4.39 Å². The van der Waals surface area contributed by atoms with Gasteiger partial charge in [-0.3, -0.25) is 0 Å². The average molecular weight is 221 g/mol. The predicted molar refractivity (Wildman–Crippen MR) is 60.2 cm³/mol. The molecule has 1 aromatic carbocycles. The first-order valence-electron chi connectivity index (χ1n) is 6.03. The standard InChI is InChI=1S/C13H16FNO/c14-11-8-10(12-4-1-5-15-12)7-9-3-2-6-16-13(9)11/h7-8,12,15H,1-6H2/t12-/m0/s1. The van der Waals surface area contributed by atoms with Crippen LogP contribution in [0.4, 0.5) is 4.39 Å². The second-order valence-corrected chi connectivity index (χ2v) is 4.59. The molecule has 1 aromatic rings. The zero-order valence-corrected chi connectivity index (χ0v) is 9.26. The third kappa shape index (κ3) is 1.69. The van der Waals surface area contributed by atoms with Crippen LogP contribution in [0.1, 0.15) is 36.4 Å². The number of hydrogen-bond donors (Lipinski definition) is 1. The minimum absolute atomic E-state index is 0.194. The van der Waals surface area contributed by atoms with Crippen molar-refractivity contribution in [2.75, 3.05) is 13.2 Å². The lowest BCUT2D eigenvalue weighted by molar-refractivity contribution is 0.273. The SMILES string of the molecule is Fc1cc([C@@H]2CCCN2)cc2c1OCCC2. The molecule has 0 bridgehead atoms. The van der Waals surface area contributed by atoms with Gasteiger partial charge in [-0.1, -0.05) is 6.07 Å². The van der Waals surface area contributed by atoms with Crippen LogP contribution in [-0.4, -0.2) is 13.2 Å². The number of rotatable bonds is 1. The first-order chi connectivity index (χ1) is 7.84. The summed E-state index contributed by atoms with van der Waals surface area (Å²) in [6.07, 6.45) is 4.22. The number of benzene rings is 1. The average Bonchev–Trinajstić information content (AvgIpc) is 2.82. The second kappa shape index (κ2) is 4.06. The summed E-state index contributed by atoms with van der Waals surface area (Å²) in [6, 6.07) is 4.08. The number of hydrogen-bond acceptors (Lipinski definition) is 2. The first kappa shape index (κ1) is 10.1. The van der Waals surface area contributed by atoms with Crippen LogP contribution >= 0.6 is 0 Å². The van der Waals surface area contributed by atoms with E-state index in [1.54, 1.807) is 6.07 Å². The van der Waals surface area contributed by atoms with Gasteiger partial charge in [-0.15, -0.1) is 0 Å². The lowest BCUT2D eigenvalue weighted by atomic mass is 9.98. The van der Waals surface area contributed by atoms with Gasteiger partial charge in [0.2, 0.25) is 0 Å². The highest BCUT2D eigenvalue weighted by molar-refractivity contribution is 5.41. The smallest absolute Gasteiger partial charge is 0.165 e. The number of ether oxygens (including phenoxy) is 1. The summed E-state index contributed by atoms with van der Waals surface area (Å²) < 4.78 is 19.2. The summed E-state index contributed by atoms with van der Waals surface area (Å²) in [6.45, 7) is 1.69. The van der Waals surface area contributed by atoms with E-state index in [1.807, 2.05) is 0 Å². The fourth-order valence-corrected chi connectivity index (χ4v) is 2.63. The third-order valence-corrected chi connectivity index (χ3v) is 3.44. The Labute approximate surface area is 94.8 Å². The summed E-state index contributed by atoms with van der Waals surface area (Å²) in [5, 5.41) is 3.40. The molecule has 2 aliphatic rings. The molecule has 0 saturated carbocycles. The van der Waals surface area contributed by atoms with Crippen molar-refractivity contribution >= 4 is 0 Å². The monoisotopic (exact) mass is 221 g/mol. The van der Waals surface area contributed by atoms with Crippen molar-refractivity contribution in [3.63, 3.8) is 0 Å². The largest absolute Gasteiger partial charge is 0.490 e. The fraction of sp³-hybridized carbons (Fsp3) is 0.538. The first-order valence-corrected chi connectivity index (χ1v) is 6.03. The van der Waals surface area contributed by atoms with E-state index in [1.165, 1.54) is 6.42 Å². The molecule has 0 unspecified atom stereocenters. The normalized spacial score (nSPS) is 23.9. The van der Waals surface area contributed by atoms with Gasteiger partial charge in [0.25, 0.3) is 0 Å². The highest BCUT2D eigenvalue weighted by Gasteiger charge is 2.21. The van der Waals surface area contributed by atoms with Crippen LogP contribution < -0.4 is 10.1 Å². The molecule has 2 heterocycles. The van der Waals surface area contributed by atoms with Crippen LogP contribution in [0.3, 0.4) is 0 Å². The van der Waals surface area contributed by atoms with E-state index in [9.17, 15) is 4.39 Å². The molecule has 0 aromatic heterocycles. The molecule has 0 aliphatic carbocycles. The zero-order valence-electron chi connectivity index (χ0n) is 9.26. The van der Waals surface area contributed by atoms with Crippen molar-refractivity contribution < 1.29 is 9.13 Å². The van der Waals surface area contributed by atoms with Crippen molar-refractivity contribution in [3.8, 4) is 5.75 Å². The Balaban J connectivity index is 1.97. The van der Waals surface area contributed by atoms with Gasteiger partial charge in [0.15, 0.2) is 11.6 Å². The summed E-state index contributed by atoms with van der Waals surface area (Å²) in [7, 11) is 0. The van der Waals surface area contributed by atoms with Gasteiger partial charge in [0.1, 0.15) is 0 Å². The Hall–Kier alpha value is -1.09. The summed E-state index contributed by atoms with van der Waals surface area (Å²) >= 11 is 0. The van der Waals surface area contributed by atoms with Gasteiger partial charge in [-0.05, 0) is 49.4 Å². The quantitative estimate of drug-likeness (QED) is 0.787. The molecular weight excluding hydrogens is 205 g/mol. The predicted octanol–water partition coefficient (Wildman–Crippen LogP) is 2.58. The minimum Gasteiger partial charge on any atom is -0.490 e. The van der Waals surface area contributed by atoms with Gasteiger partial charge in [0, 0.05) is 6.04 Å². The van der Waals surface area contributed by atoms with Crippen LogP contribution in [0.25, 0.3) is 0 Å². The van der Waals surface area contributed by atoms with Crippen LogP contribution in [0.15, 0.2) is 12.1 Å². The lowest BCUT2D eigenvalue weighted by Gasteiger charge is -2.20. The fourth-order valence-electron chi connectivity index (χ4n) is 2.63. The van der Waals surface area contributed by atoms with E-state index in [4.69, 9.17) is 4.74 Å². The Kier molecular flexibility index (Phi) is 2.56. The van der Waals surface area contributed by atoms with E-state index < -0.39 is 0 Å². The maximum absolute atomic E-state index is 13.8. The molecule has 0 radical (unpaired) electrons. The molecule has 86 valence electrons. The van der Waals surface area contributed by atoms with Gasteiger partial charge in [0.05, 0.1) is 6.61 Å². The van der Waals surface area contributed by atoms with Crippen molar-refractivity contribution in [2.45, 2.75) is 31.7 Å². The van der Waals surface area contributed by atoms with E-state index in [-0.39, 0.29) is 5.82 Å². The second-order valence-electron chi connectivity index (χ2n) is 4.59. The summed E-state index contributed by atoms with van der Waals surface area (Å²) in [4.78, 5) is 0. The number of fused-ring (bicyclic) bond motifs is 1. The Morgan fingerprint density at radius 2 is 2.25 bits per heavy atom. The minimum atomic E-state index is -0.194. The lowest BCUT2D eigenvalue weighted by Crippen LogP contribution is -2.15. The molecule has 0 spiro atoms. The summed E-state index contributed by atoms with van der Waals surface area (Å²) in [5.74, 6) is 0.286. The molecule has 1 N–H and O–H groups in total. The van der Waals surface area contributed by atoms with Crippen LogP contribution in [0, 0.1) is 5.82 Å². The zero-order chi connectivity index (χ0) is 11.0. The van der Waals surface area contributed by atoms with Crippen molar-refractivity contribution in [1.82, 2.24) is 5.32 Å². The van der Waals surface area contributed by atoms with Crippen molar-refractivity contribution in [1.29, 1.82) is 0 Å². The van der Waals surface area contributed by atoms with Gasteiger partial charge < -0.3 is 10.1 Å². The maximum atomic E-state index is 13.8. The molecule has 1 saturated heterocycles. The Morgan fingerprint density at radius 1 is 1.31 bits per heavy atom. The molecule has 3 rings (SSSR count). The van der Waals surface area contributed by atoms with Gasteiger partial charge >= 0.3 is 0 Å². The van der Waals surface area contributed by atoms with E-state index >= 15 is 0 Å². The summed E-state index contributed by atoms with van der Waals surface area (Å²) in [5.41, 5.74) is 2.12. The Bertz CT molecular complexity index is 399. The highest BCUT2D eigenvalue weighted by atomic mass is 19.1. The molecule has 3 heteroatoms. The number of aryl methyl sites for hydroxylation is 1. The molecular formula is C13H16FNO. The molecule has 16 heavy (non-hydrogen) atoms. The van der Waals surface area contributed by atoms with Crippen molar-refractivity contribution in [3.05, 3.63) is 29.1 Å². The number of nitrogens with one attached hydrogen (secondary N) is 1. The maximum Gasteiger partial charge on any atom is 0.165 e. The van der Waals surface area contributed by atoms with Crippen molar-refractivity contribution in [2.24, 2.45) is 0 Å². The van der Waals surface area contributed by atoms with E-state index in [0.29, 0.717) is 18.4 Å². The molecule has 0 amide bonds. The Morgan fingerprint density at radius 3 is 3.06 bits per heavy atom. The molecule has 2 nitrogen and oxygen atoms in total. The number of halogens is 1. The highest BCUT2D eigenvalue weighted by Crippen LogP contribution is 2.33. The van der Waals surface area contributed by atoms with E-state index in [2.05, 4.69) is 11.4 Å². The van der Waals surface area contributed by atoms with Crippen LogP contribution in [-0.2, 0) is 6.42 Å². The van der Waals surface area contributed by atoms with Gasteiger partial charge in [-0.2, -0.15) is 0 Å². The van der Waals surface area contributed by atoms with E-state index in [0.717, 1.165) is 36.9 Å². The molecule has 2 aliphatic heterocycles. The van der Waals surface area contributed by atoms with Crippen LogP contribution in [0.5, 0.6) is 5.75 Å². The molecule has 1 atom stereocenters. The third-order valence-electron chi connectivity index (χ3n) is 3.44.